The van der Waals surface area contributed by atoms with Crippen LogP contribution in [0.5, 0.6) is 0 Å². The Morgan fingerprint density at radius 1 is 1.28 bits per heavy atom. The summed E-state index contributed by atoms with van der Waals surface area (Å²) < 4.78 is 3.55. The maximum absolute atomic E-state index is 13.3. The predicted octanol–water partition coefficient (Wildman–Crippen LogP) is 2.93. The molecule has 29 heavy (non-hydrogen) atoms. The normalized spacial score (nSPS) is 16.6. The van der Waals surface area contributed by atoms with Crippen molar-refractivity contribution < 1.29 is 0 Å². The molecule has 0 saturated carbocycles. The largest absolute Gasteiger partial charge is 0.355 e. The number of fused-ring (bicyclic) bond motifs is 1. The summed E-state index contributed by atoms with van der Waals surface area (Å²) in [6.45, 7) is 10.5. The Hall–Kier alpha value is -2.85. The third-order valence-corrected chi connectivity index (χ3v) is 5.25. The second-order valence-electron chi connectivity index (χ2n) is 8.23. The Balaban J connectivity index is 2.27. The van der Waals surface area contributed by atoms with Crippen molar-refractivity contribution >= 4 is 16.9 Å². The van der Waals surface area contributed by atoms with Gasteiger partial charge in [-0.15, -0.1) is 0 Å². The molecule has 3 rings (SSSR count). The molecule has 1 saturated heterocycles. The Kier molecular flexibility index (Phi) is 6.23. The van der Waals surface area contributed by atoms with E-state index in [1.807, 2.05) is 38.3 Å². The topological polar surface area (TPSA) is 92.9 Å². The van der Waals surface area contributed by atoms with E-state index in [4.69, 9.17) is 5.73 Å². The number of nitrogens with zero attached hydrogens (tertiary/aromatic N) is 5. The van der Waals surface area contributed by atoms with Crippen LogP contribution in [0.2, 0.25) is 0 Å². The standard InChI is InChI=1S/C22H30N6O/c1-15(2)7-10-27-14-25-19-18(12-23)21(26-9-5-6-17(24)13-26)28(11-8-16(3)4)20(19)22(27)29/h7-8,14,17H,5-6,9-11,13,24H2,1-4H3. The number of nitriles is 1. The van der Waals surface area contributed by atoms with Gasteiger partial charge in [0.25, 0.3) is 5.56 Å². The van der Waals surface area contributed by atoms with Gasteiger partial charge in [-0.1, -0.05) is 23.3 Å². The molecule has 0 amide bonds. The molecule has 1 atom stereocenters. The number of rotatable bonds is 5. The average Bonchev–Trinajstić information content (AvgIpc) is 2.99. The SMILES string of the molecule is CC(C)=CCn1cnc2c(C#N)c(N3CCCC(N)C3)n(CC=C(C)C)c2c1=O. The number of aromatic nitrogens is 3. The summed E-state index contributed by atoms with van der Waals surface area (Å²) in [6, 6.07) is 2.37. The van der Waals surface area contributed by atoms with Gasteiger partial charge >= 0.3 is 0 Å². The van der Waals surface area contributed by atoms with Crippen molar-refractivity contribution in [3.63, 3.8) is 0 Å². The smallest absolute Gasteiger partial charge is 0.278 e. The number of hydrogen-bond donors (Lipinski definition) is 1. The zero-order chi connectivity index (χ0) is 21.1. The third-order valence-electron chi connectivity index (χ3n) is 5.25. The van der Waals surface area contributed by atoms with Crippen molar-refractivity contribution in [3.8, 4) is 6.07 Å². The average molecular weight is 395 g/mol. The summed E-state index contributed by atoms with van der Waals surface area (Å²) in [7, 11) is 0. The highest BCUT2D eigenvalue weighted by atomic mass is 16.1. The first kappa shape index (κ1) is 20.9. The number of anilines is 1. The highest BCUT2D eigenvalue weighted by Gasteiger charge is 2.28. The summed E-state index contributed by atoms with van der Waals surface area (Å²) in [5.41, 5.74) is 9.79. The van der Waals surface area contributed by atoms with Crippen molar-refractivity contribution in [2.75, 3.05) is 18.0 Å². The second-order valence-corrected chi connectivity index (χ2v) is 8.23. The summed E-state index contributed by atoms with van der Waals surface area (Å²) in [6.07, 6.45) is 7.55. The zero-order valence-electron chi connectivity index (χ0n) is 17.8. The maximum atomic E-state index is 13.3. The summed E-state index contributed by atoms with van der Waals surface area (Å²) in [5, 5.41) is 9.95. The predicted molar refractivity (Wildman–Crippen MR) is 117 cm³/mol. The minimum atomic E-state index is -0.126. The van der Waals surface area contributed by atoms with Crippen LogP contribution in [-0.2, 0) is 13.1 Å². The number of hydrogen-bond acceptors (Lipinski definition) is 5. The molecule has 154 valence electrons. The van der Waals surface area contributed by atoms with Crippen LogP contribution in [0.4, 0.5) is 5.82 Å². The van der Waals surface area contributed by atoms with E-state index in [2.05, 4.69) is 22.0 Å². The van der Waals surface area contributed by atoms with E-state index >= 15 is 0 Å². The van der Waals surface area contributed by atoms with Gasteiger partial charge in [-0.3, -0.25) is 9.36 Å². The van der Waals surface area contributed by atoms with Gasteiger partial charge in [0, 0.05) is 32.2 Å². The number of piperidine rings is 1. The molecule has 1 aliphatic heterocycles. The van der Waals surface area contributed by atoms with Crippen LogP contribution in [0.25, 0.3) is 11.0 Å². The lowest BCUT2D eigenvalue weighted by molar-refractivity contribution is 0.499. The highest BCUT2D eigenvalue weighted by Crippen LogP contribution is 2.31. The van der Waals surface area contributed by atoms with Crippen LogP contribution < -0.4 is 16.2 Å². The zero-order valence-corrected chi connectivity index (χ0v) is 17.8. The van der Waals surface area contributed by atoms with E-state index in [1.54, 1.807) is 10.9 Å². The fourth-order valence-corrected chi connectivity index (χ4v) is 3.75. The molecule has 1 fully saturated rings. The first-order valence-corrected chi connectivity index (χ1v) is 10.1. The summed E-state index contributed by atoms with van der Waals surface area (Å²) in [5.74, 6) is 0.764. The Labute approximate surface area is 171 Å². The lowest BCUT2D eigenvalue weighted by Gasteiger charge is -2.33. The third kappa shape index (κ3) is 4.28. The number of allylic oxidation sites excluding steroid dienone is 4. The van der Waals surface area contributed by atoms with Crippen LogP contribution >= 0.6 is 0 Å². The molecule has 0 aromatic carbocycles. The minimum Gasteiger partial charge on any atom is -0.355 e. The molecule has 0 bridgehead atoms. The Bertz CT molecular complexity index is 1060. The van der Waals surface area contributed by atoms with Crippen molar-refractivity contribution in [2.24, 2.45) is 5.73 Å². The minimum absolute atomic E-state index is 0.0625. The molecule has 7 nitrogen and oxygen atoms in total. The van der Waals surface area contributed by atoms with E-state index in [0.29, 0.717) is 36.2 Å². The molecule has 2 aromatic rings. The molecule has 7 heteroatoms. The maximum Gasteiger partial charge on any atom is 0.278 e. The lowest BCUT2D eigenvalue weighted by atomic mass is 10.1. The molecule has 1 unspecified atom stereocenters. The number of nitrogens with two attached hydrogens (primary N) is 1. The van der Waals surface area contributed by atoms with E-state index in [1.165, 1.54) is 0 Å². The second kappa shape index (κ2) is 8.66. The van der Waals surface area contributed by atoms with Gasteiger partial charge in [0.15, 0.2) is 0 Å². The molecule has 0 radical (unpaired) electrons. The van der Waals surface area contributed by atoms with Gasteiger partial charge in [0.2, 0.25) is 0 Å². The van der Waals surface area contributed by atoms with Gasteiger partial charge in [-0.2, -0.15) is 5.26 Å². The van der Waals surface area contributed by atoms with Crippen molar-refractivity contribution in [2.45, 2.75) is 59.7 Å². The molecule has 2 N–H and O–H groups in total. The summed E-state index contributed by atoms with van der Waals surface area (Å²) in [4.78, 5) is 20.0. The molecular formula is C22H30N6O. The van der Waals surface area contributed by atoms with E-state index in [-0.39, 0.29) is 11.6 Å². The van der Waals surface area contributed by atoms with E-state index in [0.717, 1.165) is 36.4 Å². The quantitative estimate of drug-likeness (QED) is 0.787. The van der Waals surface area contributed by atoms with E-state index in [9.17, 15) is 10.1 Å². The first-order chi connectivity index (χ1) is 13.8. The molecular weight excluding hydrogens is 364 g/mol. The van der Waals surface area contributed by atoms with Crippen molar-refractivity contribution in [1.82, 2.24) is 14.1 Å². The van der Waals surface area contributed by atoms with Crippen LogP contribution in [0.3, 0.4) is 0 Å². The van der Waals surface area contributed by atoms with Crippen molar-refractivity contribution in [1.29, 1.82) is 5.26 Å². The van der Waals surface area contributed by atoms with Crippen LogP contribution in [0, 0.1) is 11.3 Å². The molecule has 0 spiro atoms. The Morgan fingerprint density at radius 2 is 1.97 bits per heavy atom. The molecule has 1 aliphatic rings. The molecule has 0 aliphatic carbocycles. The van der Waals surface area contributed by atoms with Crippen LogP contribution in [0.1, 0.15) is 46.1 Å². The van der Waals surface area contributed by atoms with Crippen LogP contribution in [-0.4, -0.2) is 33.2 Å². The van der Waals surface area contributed by atoms with Gasteiger partial charge in [-0.25, -0.2) is 4.98 Å². The monoisotopic (exact) mass is 394 g/mol. The van der Waals surface area contributed by atoms with Gasteiger partial charge in [-0.05, 0) is 40.5 Å². The summed E-state index contributed by atoms with van der Waals surface area (Å²) >= 11 is 0. The first-order valence-electron chi connectivity index (χ1n) is 10.1. The fraction of sp³-hybridized carbons (Fsp3) is 0.500. The van der Waals surface area contributed by atoms with Gasteiger partial charge < -0.3 is 15.2 Å². The van der Waals surface area contributed by atoms with Crippen LogP contribution in [0.15, 0.2) is 34.4 Å². The van der Waals surface area contributed by atoms with E-state index < -0.39 is 0 Å². The Morgan fingerprint density at radius 3 is 2.59 bits per heavy atom. The fourth-order valence-electron chi connectivity index (χ4n) is 3.75. The molecule has 2 aromatic heterocycles. The van der Waals surface area contributed by atoms with Gasteiger partial charge in [0.05, 0.1) is 6.33 Å². The van der Waals surface area contributed by atoms with Crippen molar-refractivity contribution in [3.05, 3.63) is 45.5 Å². The molecule has 3 heterocycles. The highest BCUT2D eigenvalue weighted by molar-refractivity contribution is 5.89. The van der Waals surface area contributed by atoms with Gasteiger partial charge in [0.1, 0.15) is 28.5 Å². The lowest BCUT2D eigenvalue weighted by Crippen LogP contribution is -2.44.